The van der Waals surface area contributed by atoms with Crippen LogP contribution >= 0.6 is 25.3 Å². The molecule has 0 spiro atoms. The second-order valence-corrected chi connectivity index (χ2v) is 6.73. The van der Waals surface area contributed by atoms with E-state index in [-0.39, 0.29) is 24.9 Å². The summed E-state index contributed by atoms with van der Waals surface area (Å²) in [6.07, 6.45) is 0. The largest absolute Gasteiger partial charge is 0.861 e. The van der Waals surface area contributed by atoms with Gasteiger partial charge in [-0.25, -0.2) is 0 Å². The molecule has 0 atom stereocenters. The van der Waals surface area contributed by atoms with Gasteiger partial charge in [-0.3, -0.25) is 0 Å². The highest BCUT2D eigenvalue weighted by Gasteiger charge is 2.11. The average molecular weight is 262 g/mol. The van der Waals surface area contributed by atoms with Crippen LogP contribution in [0.4, 0.5) is 0 Å². The summed E-state index contributed by atoms with van der Waals surface area (Å²) in [6, 6.07) is 0. The van der Waals surface area contributed by atoms with Gasteiger partial charge in [0.15, 0.2) is 0 Å². The number of hydrogen-bond donors (Lipinski definition) is 2. The fourth-order valence-corrected chi connectivity index (χ4v) is 0.831. The van der Waals surface area contributed by atoms with Crippen LogP contribution in [0.15, 0.2) is 9.98 Å². The first-order valence-corrected chi connectivity index (χ1v) is 5.83. The zero-order valence-electron chi connectivity index (χ0n) is 10.0. The molecule has 0 unspecified atom stereocenters. The van der Waals surface area contributed by atoms with E-state index >= 15 is 0 Å². The molecule has 0 saturated heterocycles. The second kappa shape index (κ2) is 5.82. The van der Waals surface area contributed by atoms with Crippen LogP contribution in [0.2, 0.25) is 0 Å². The molecule has 0 fully saturated rings. The van der Waals surface area contributed by atoms with Crippen LogP contribution in [0.3, 0.4) is 0 Å². The molecule has 0 aromatic rings. The van der Waals surface area contributed by atoms with Gasteiger partial charge in [-0.15, -0.1) is 0 Å². The minimum atomic E-state index is -0.771. The van der Waals surface area contributed by atoms with E-state index in [9.17, 15) is 10.2 Å². The Morgan fingerprint density at radius 3 is 1.31 bits per heavy atom. The fourth-order valence-electron chi connectivity index (χ4n) is 0.690. The molecule has 4 nitrogen and oxygen atoms in total. The van der Waals surface area contributed by atoms with Gasteiger partial charge in [0.05, 0.1) is 13.1 Å². The molecule has 0 radical (unpaired) electrons. The van der Waals surface area contributed by atoms with E-state index in [1.165, 1.54) is 0 Å². The highest BCUT2D eigenvalue weighted by atomic mass is 32.1. The summed E-state index contributed by atoms with van der Waals surface area (Å²) in [6.45, 7) is 7.08. The molecule has 0 bridgehead atoms. The first-order chi connectivity index (χ1) is 7.05. The summed E-state index contributed by atoms with van der Waals surface area (Å²) >= 11 is 8.17. The Labute approximate surface area is 108 Å². The highest BCUT2D eigenvalue weighted by Crippen LogP contribution is 2.12. The molecule has 0 rings (SSSR count). The maximum atomic E-state index is 11.3. The lowest BCUT2D eigenvalue weighted by molar-refractivity contribution is -0.222. The Bertz CT molecular complexity index is 258. The summed E-state index contributed by atoms with van der Waals surface area (Å²) in [7, 11) is 0. The van der Waals surface area contributed by atoms with Crippen molar-refractivity contribution in [1.29, 1.82) is 0 Å². The quantitative estimate of drug-likeness (QED) is 0.315. The average Bonchev–Trinajstić information content (AvgIpc) is 2.08. The highest BCUT2D eigenvalue weighted by molar-refractivity contribution is 7.82. The molecule has 0 aliphatic heterocycles. The van der Waals surface area contributed by atoms with Crippen LogP contribution < -0.4 is 10.2 Å². The van der Waals surface area contributed by atoms with Crippen molar-refractivity contribution < 1.29 is 10.2 Å². The summed E-state index contributed by atoms with van der Waals surface area (Å²) < 4.78 is -1.54. The van der Waals surface area contributed by atoms with Gasteiger partial charge in [0, 0.05) is 9.49 Å². The van der Waals surface area contributed by atoms with Gasteiger partial charge in [-0.05, 0) is 39.5 Å². The maximum Gasteiger partial charge on any atom is 0.0574 e. The van der Waals surface area contributed by atoms with Crippen molar-refractivity contribution in [2.75, 3.05) is 13.1 Å². The lowest BCUT2D eigenvalue weighted by Crippen LogP contribution is -2.37. The number of nitrogens with zero attached hydrogens (tertiary/aromatic N) is 2. The van der Waals surface area contributed by atoms with Crippen molar-refractivity contribution >= 4 is 37.1 Å². The SMILES string of the molecule is CC(C)(S)C([O-])=NCCN=C([O-])C(C)(C)S. The monoisotopic (exact) mass is 262 g/mol. The van der Waals surface area contributed by atoms with Gasteiger partial charge in [-0.1, -0.05) is 0 Å². The zero-order valence-corrected chi connectivity index (χ0v) is 11.8. The standard InChI is InChI=1S/C10H20N2O2S2/c1-9(2,15)7(13)11-5-6-12-8(14)10(3,4)16/h15-16H,5-6H2,1-4H3,(H,11,13)(H,12,14)/p-2. The Kier molecular flexibility index (Phi) is 5.69. The number of thiol groups is 2. The third kappa shape index (κ3) is 6.27. The van der Waals surface area contributed by atoms with Crippen molar-refractivity contribution in [1.82, 2.24) is 0 Å². The van der Waals surface area contributed by atoms with Crippen LogP contribution in [0, 0.1) is 0 Å². The van der Waals surface area contributed by atoms with E-state index in [2.05, 4.69) is 35.2 Å². The van der Waals surface area contributed by atoms with E-state index in [1.54, 1.807) is 27.7 Å². The van der Waals surface area contributed by atoms with Crippen LogP contribution in [-0.4, -0.2) is 34.4 Å². The Balaban J connectivity index is 4.21. The van der Waals surface area contributed by atoms with Crippen molar-refractivity contribution in [2.24, 2.45) is 9.98 Å². The second-order valence-electron chi connectivity index (χ2n) is 4.49. The van der Waals surface area contributed by atoms with Crippen molar-refractivity contribution in [3.63, 3.8) is 0 Å². The third-order valence-corrected chi connectivity index (χ3v) is 2.04. The van der Waals surface area contributed by atoms with Gasteiger partial charge in [0.1, 0.15) is 0 Å². The molecule has 6 heteroatoms. The molecule has 0 heterocycles. The summed E-state index contributed by atoms with van der Waals surface area (Å²) in [5.41, 5.74) is 0. The molecule has 0 amide bonds. The lowest BCUT2D eigenvalue weighted by Gasteiger charge is -2.26. The van der Waals surface area contributed by atoms with E-state index in [0.29, 0.717) is 0 Å². The Morgan fingerprint density at radius 1 is 0.875 bits per heavy atom. The van der Waals surface area contributed by atoms with Gasteiger partial charge in [-0.2, -0.15) is 25.3 Å². The van der Waals surface area contributed by atoms with Crippen LogP contribution in [-0.2, 0) is 0 Å². The first kappa shape index (κ1) is 15.6. The van der Waals surface area contributed by atoms with Crippen molar-refractivity contribution in [2.45, 2.75) is 37.2 Å². The van der Waals surface area contributed by atoms with Crippen LogP contribution in [0.25, 0.3) is 0 Å². The normalized spacial score (nSPS) is 15.4. The van der Waals surface area contributed by atoms with Crippen LogP contribution in [0.5, 0.6) is 0 Å². The Hall–Kier alpha value is -0.360. The van der Waals surface area contributed by atoms with E-state index in [0.717, 1.165) is 0 Å². The number of rotatable bonds is 5. The minimum Gasteiger partial charge on any atom is -0.861 e. The number of hydrogen-bond acceptors (Lipinski definition) is 6. The van der Waals surface area contributed by atoms with Gasteiger partial charge >= 0.3 is 0 Å². The molecule has 16 heavy (non-hydrogen) atoms. The molecule has 94 valence electrons. The lowest BCUT2D eigenvalue weighted by atomic mass is 10.2. The predicted molar refractivity (Wildman–Crippen MR) is 70.7 cm³/mol. The van der Waals surface area contributed by atoms with Gasteiger partial charge in [0.25, 0.3) is 0 Å². The fraction of sp³-hybridized carbons (Fsp3) is 0.800. The van der Waals surface area contributed by atoms with Crippen molar-refractivity contribution in [3.8, 4) is 0 Å². The molecule has 0 aromatic carbocycles. The molecule has 0 saturated carbocycles. The van der Waals surface area contributed by atoms with Crippen LogP contribution in [0.1, 0.15) is 27.7 Å². The van der Waals surface area contributed by atoms with E-state index < -0.39 is 9.49 Å². The Morgan fingerprint density at radius 2 is 1.12 bits per heavy atom. The number of aliphatic imine (C=N–C) groups is 2. The molecule has 0 aromatic heterocycles. The smallest absolute Gasteiger partial charge is 0.0574 e. The molecule has 0 aliphatic carbocycles. The van der Waals surface area contributed by atoms with Gasteiger partial charge in [0.2, 0.25) is 0 Å². The third-order valence-electron chi connectivity index (χ3n) is 1.66. The van der Waals surface area contributed by atoms with E-state index in [4.69, 9.17) is 0 Å². The zero-order chi connectivity index (χ0) is 13.0. The molecule has 0 aliphatic rings. The summed E-state index contributed by atoms with van der Waals surface area (Å²) in [4.78, 5) is 7.53. The summed E-state index contributed by atoms with van der Waals surface area (Å²) in [5.74, 6) is -0.604. The van der Waals surface area contributed by atoms with Gasteiger partial charge < -0.3 is 20.2 Å². The first-order valence-electron chi connectivity index (χ1n) is 4.94. The predicted octanol–water partition coefficient (Wildman–Crippen LogP) is -0.0792. The molecular weight excluding hydrogens is 244 g/mol. The summed E-state index contributed by atoms with van der Waals surface area (Å²) in [5, 5.41) is 22.6. The topological polar surface area (TPSA) is 70.8 Å². The molecular formula is C10H18N2O2S2-2. The maximum absolute atomic E-state index is 11.3. The van der Waals surface area contributed by atoms with E-state index in [1.807, 2.05) is 0 Å². The minimum absolute atomic E-state index is 0.207. The molecule has 0 N–H and O–H groups in total. The van der Waals surface area contributed by atoms with Crippen molar-refractivity contribution in [3.05, 3.63) is 0 Å².